The van der Waals surface area contributed by atoms with Crippen molar-refractivity contribution in [2.24, 2.45) is 23.2 Å². The minimum absolute atomic E-state index is 0.0273. The number of rotatable bonds is 11. The van der Waals surface area contributed by atoms with Crippen molar-refractivity contribution in [3.8, 4) is 33.6 Å². The molecule has 3 aliphatic heterocycles. The van der Waals surface area contributed by atoms with Crippen molar-refractivity contribution in [1.82, 2.24) is 40.4 Å². The molecule has 4 N–H and O–H groups in total. The first-order chi connectivity index (χ1) is 31.5. The molecule has 10 rings (SSSR count). The van der Waals surface area contributed by atoms with E-state index in [0.29, 0.717) is 38.5 Å². The average Bonchev–Trinajstić information content (AvgIpc) is 3.97. The molecule has 3 aromatic carbocycles. The topological polar surface area (TPSA) is 184 Å². The van der Waals surface area contributed by atoms with Gasteiger partial charge in [-0.25, -0.2) is 19.6 Å². The highest BCUT2D eigenvalue weighted by Gasteiger charge is 2.56. The Kier molecular flexibility index (Phi) is 11.4. The van der Waals surface area contributed by atoms with E-state index in [9.17, 15) is 19.2 Å². The fourth-order valence-electron chi connectivity index (χ4n) is 11.1. The molecule has 65 heavy (non-hydrogen) atoms. The van der Waals surface area contributed by atoms with Gasteiger partial charge in [0.25, 0.3) is 0 Å². The molecule has 2 saturated carbocycles. The highest BCUT2D eigenvalue weighted by atomic mass is 16.5. The maximum absolute atomic E-state index is 14.3. The Bertz CT molecular complexity index is 2590. The van der Waals surface area contributed by atoms with Crippen LogP contribution in [0, 0.1) is 23.2 Å². The molecule has 2 aromatic heterocycles. The van der Waals surface area contributed by atoms with E-state index in [2.05, 4.69) is 81.3 Å². The molecule has 5 heterocycles. The average molecular weight is 883 g/mol. The van der Waals surface area contributed by atoms with Gasteiger partial charge in [-0.05, 0) is 114 Å². The molecule has 1 spiro atoms. The standard InChI is InChI=1S/C50H58N8O7/c1-28(2)41(55-48(61)63-3)47(60)58-37-14-13-36(23-37)43(58)45-52-25-38(54-45)30-7-5-29(6-8-30)32-9-10-34-22-35(12-11-33(34)21-32)39-26-51-44(53-39)40-24-50(17-18-50)27-57(40)46(59)42(56-49(62)64-4)31-15-19-65-20-16-31/h5-12,21-22,25-26,28,31,36-37,40-43H,13-20,23-24,27H2,1-4H3,(H,51,53)(H,52,54)(H,55,61)(H,56,62). The molecular formula is C50H58N8O7. The van der Waals surface area contributed by atoms with Gasteiger partial charge in [0.1, 0.15) is 23.7 Å². The Morgan fingerprint density at radius 1 is 0.754 bits per heavy atom. The minimum Gasteiger partial charge on any atom is -0.453 e. The largest absolute Gasteiger partial charge is 0.453 e. The lowest BCUT2D eigenvalue weighted by Crippen LogP contribution is -2.54. The number of hydrogen-bond acceptors (Lipinski definition) is 9. The second-order valence-corrected chi connectivity index (χ2v) is 19.2. The number of carbonyl (C=O) groups excluding carboxylic acids is 4. The maximum Gasteiger partial charge on any atom is 0.407 e. The summed E-state index contributed by atoms with van der Waals surface area (Å²) in [7, 11) is 2.63. The van der Waals surface area contributed by atoms with Gasteiger partial charge in [-0.3, -0.25) is 9.59 Å². The number of nitrogens with zero attached hydrogens (tertiary/aromatic N) is 4. The Morgan fingerprint density at radius 2 is 1.37 bits per heavy atom. The molecule has 15 heteroatoms. The number of fused-ring (bicyclic) bond motifs is 3. The van der Waals surface area contributed by atoms with E-state index in [-0.39, 0.29) is 47.2 Å². The monoisotopic (exact) mass is 882 g/mol. The first-order valence-electron chi connectivity index (χ1n) is 23.2. The lowest BCUT2D eigenvalue weighted by molar-refractivity contribution is -0.139. The van der Waals surface area contributed by atoms with Crippen molar-refractivity contribution < 1.29 is 33.4 Å². The van der Waals surface area contributed by atoms with Crippen LogP contribution in [0.25, 0.3) is 44.4 Å². The molecule has 5 fully saturated rings. The summed E-state index contributed by atoms with van der Waals surface area (Å²) in [6.07, 6.45) is 9.84. The quantitative estimate of drug-likeness (QED) is 0.102. The van der Waals surface area contributed by atoms with E-state index < -0.39 is 24.3 Å². The van der Waals surface area contributed by atoms with E-state index in [1.807, 2.05) is 36.0 Å². The van der Waals surface area contributed by atoms with Gasteiger partial charge in [0, 0.05) is 31.4 Å². The van der Waals surface area contributed by atoms with Crippen LogP contribution in [0.1, 0.15) is 88.9 Å². The molecule has 2 aliphatic carbocycles. The minimum atomic E-state index is -0.684. The summed E-state index contributed by atoms with van der Waals surface area (Å²) in [4.78, 5) is 73.6. The fourth-order valence-corrected chi connectivity index (χ4v) is 11.1. The number of aromatic nitrogens is 4. The summed E-state index contributed by atoms with van der Waals surface area (Å²) in [5, 5.41) is 7.84. The molecule has 15 nitrogen and oxygen atoms in total. The van der Waals surface area contributed by atoms with Crippen molar-refractivity contribution in [3.63, 3.8) is 0 Å². The zero-order valence-electron chi connectivity index (χ0n) is 37.5. The first kappa shape index (κ1) is 42.7. The molecule has 2 bridgehead atoms. The second kappa shape index (κ2) is 17.3. The van der Waals surface area contributed by atoms with E-state index in [1.54, 1.807) is 0 Å². The van der Waals surface area contributed by atoms with Crippen molar-refractivity contribution >= 4 is 34.8 Å². The van der Waals surface area contributed by atoms with Crippen LogP contribution >= 0.6 is 0 Å². The number of likely N-dealkylation sites (tertiary alicyclic amines) is 2. The Balaban J connectivity index is 0.833. The van der Waals surface area contributed by atoms with Crippen LogP contribution in [0.15, 0.2) is 73.1 Å². The third kappa shape index (κ3) is 8.23. The number of methoxy groups -OCH3 is 2. The normalized spacial score (nSPS) is 23.2. The van der Waals surface area contributed by atoms with Crippen LogP contribution in [0.4, 0.5) is 9.59 Å². The number of benzene rings is 3. The molecule has 340 valence electrons. The maximum atomic E-state index is 14.3. The predicted molar refractivity (Wildman–Crippen MR) is 243 cm³/mol. The van der Waals surface area contributed by atoms with Gasteiger partial charge >= 0.3 is 12.2 Å². The molecule has 0 radical (unpaired) electrons. The molecule has 4 amide bonds. The van der Waals surface area contributed by atoms with E-state index >= 15 is 0 Å². The van der Waals surface area contributed by atoms with Gasteiger partial charge in [-0.2, -0.15) is 0 Å². The molecule has 5 aliphatic rings. The summed E-state index contributed by atoms with van der Waals surface area (Å²) in [5.74, 6) is 1.55. The van der Waals surface area contributed by atoms with Gasteiger partial charge in [0.15, 0.2) is 0 Å². The van der Waals surface area contributed by atoms with E-state index in [1.165, 1.54) is 14.2 Å². The second-order valence-electron chi connectivity index (χ2n) is 19.2. The van der Waals surface area contributed by atoms with Crippen LogP contribution in [0.2, 0.25) is 0 Å². The number of hydrogen-bond donors (Lipinski definition) is 4. The Hall–Kier alpha value is -6.22. The molecule has 3 saturated heterocycles. The van der Waals surface area contributed by atoms with Gasteiger partial charge in [0.2, 0.25) is 11.8 Å². The molecule has 6 atom stereocenters. The van der Waals surface area contributed by atoms with E-state index in [0.717, 1.165) is 94.6 Å². The number of piperidine rings is 1. The highest BCUT2D eigenvalue weighted by molar-refractivity contribution is 5.91. The highest BCUT2D eigenvalue weighted by Crippen LogP contribution is 2.58. The summed E-state index contributed by atoms with van der Waals surface area (Å²) in [6.45, 7) is 5.65. The van der Waals surface area contributed by atoms with Crippen molar-refractivity contribution in [2.75, 3.05) is 34.0 Å². The van der Waals surface area contributed by atoms with Crippen LogP contribution in [0.3, 0.4) is 0 Å². The third-order valence-electron chi connectivity index (χ3n) is 14.9. The fraction of sp³-hybridized carbons (Fsp3) is 0.480. The lowest BCUT2D eigenvalue weighted by atomic mass is 9.90. The number of carbonyl (C=O) groups is 4. The number of H-pyrrole nitrogens is 2. The molecule has 6 unspecified atom stereocenters. The predicted octanol–water partition coefficient (Wildman–Crippen LogP) is 7.92. The number of nitrogens with one attached hydrogen (secondary N) is 4. The third-order valence-corrected chi connectivity index (χ3v) is 14.9. The van der Waals surface area contributed by atoms with Crippen LogP contribution in [0.5, 0.6) is 0 Å². The number of amides is 4. The van der Waals surface area contributed by atoms with Gasteiger partial charge < -0.3 is 44.6 Å². The first-order valence-corrected chi connectivity index (χ1v) is 23.2. The summed E-state index contributed by atoms with van der Waals surface area (Å²) in [6, 6.07) is 19.7. The lowest BCUT2D eigenvalue weighted by Gasteiger charge is -2.37. The van der Waals surface area contributed by atoms with Crippen molar-refractivity contribution in [2.45, 2.75) is 95.4 Å². The number of alkyl carbamates (subject to hydrolysis) is 2. The van der Waals surface area contributed by atoms with E-state index in [4.69, 9.17) is 24.2 Å². The van der Waals surface area contributed by atoms with Crippen LogP contribution in [-0.2, 0) is 23.8 Å². The SMILES string of the molecule is COC(=O)NC(C(=O)N1C2CCC(C2)C1c1ncc(-c2ccc(-c3ccc4cc(-c5cnc(C6CC7(CC7)CN6C(=O)C(NC(=O)OC)C6CCOCC6)[nH]5)ccc4c3)cc2)[nH]1)C(C)C. The Morgan fingerprint density at radius 3 is 2.06 bits per heavy atom. The zero-order chi connectivity index (χ0) is 45.0. The Labute approximate surface area is 378 Å². The zero-order valence-corrected chi connectivity index (χ0v) is 37.5. The summed E-state index contributed by atoms with van der Waals surface area (Å²) < 4.78 is 15.3. The van der Waals surface area contributed by atoms with Crippen LogP contribution in [-0.4, -0.2) is 106 Å². The molecule has 5 aromatic rings. The summed E-state index contributed by atoms with van der Waals surface area (Å²) in [5.41, 5.74) is 6.07. The number of imidazole rings is 2. The van der Waals surface area contributed by atoms with Crippen molar-refractivity contribution in [3.05, 3.63) is 84.7 Å². The van der Waals surface area contributed by atoms with Gasteiger partial charge in [-0.1, -0.05) is 62.4 Å². The number of ether oxygens (including phenoxy) is 3. The van der Waals surface area contributed by atoms with Gasteiger partial charge in [-0.15, -0.1) is 0 Å². The van der Waals surface area contributed by atoms with Gasteiger partial charge in [0.05, 0.1) is 50.1 Å². The summed E-state index contributed by atoms with van der Waals surface area (Å²) >= 11 is 0. The smallest absolute Gasteiger partial charge is 0.407 e. The molecular weight excluding hydrogens is 825 g/mol. The van der Waals surface area contributed by atoms with Crippen LogP contribution < -0.4 is 10.6 Å². The number of aromatic amines is 2. The van der Waals surface area contributed by atoms with Crippen molar-refractivity contribution in [1.29, 1.82) is 0 Å².